The molecule has 2 nitrogen and oxygen atoms in total. The molecule has 1 heterocycles. The summed E-state index contributed by atoms with van der Waals surface area (Å²) in [6.45, 7) is 0. The lowest BCUT2D eigenvalue weighted by Crippen LogP contribution is -2.16. The Morgan fingerprint density at radius 1 is 1.40 bits per heavy atom. The highest BCUT2D eigenvalue weighted by Gasteiger charge is 2.43. The fraction of sp³-hybridized carbons (Fsp3) is 0.500. The van der Waals surface area contributed by atoms with Crippen LogP contribution in [0.25, 0.3) is 0 Å². The van der Waals surface area contributed by atoms with Gasteiger partial charge in [-0.2, -0.15) is 13.2 Å². The van der Waals surface area contributed by atoms with Crippen LogP contribution in [0.1, 0.15) is 24.0 Å². The third kappa shape index (κ3) is 2.28. The second-order valence-electron chi connectivity index (χ2n) is 3.93. The van der Waals surface area contributed by atoms with Crippen molar-refractivity contribution in [2.75, 3.05) is 0 Å². The summed E-state index contributed by atoms with van der Waals surface area (Å²) in [5.41, 5.74) is -1.55. The summed E-state index contributed by atoms with van der Waals surface area (Å²) in [7, 11) is 0. The van der Waals surface area contributed by atoms with Crippen LogP contribution in [-0.2, 0) is 12.6 Å². The van der Waals surface area contributed by atoms with E-state index in [-0.39, 0.29) is 12.0 Å². The third-order valence-electron chi connectivity index (χ3n) is 2.56. The molecule has 1 aliphatic carbocycles. The van der Waals surface area contributed by atoms with Crippen LogP contribution in [-0.4, -0.2) is 15.7 Å². The lowest BCUT2D eigenvalue weighted by molar-refractivity contribution is -0.138. The maximum absolute atomic E-state index is 12.5. The number of hydrogen-bond donors (Lipinski definition) is 1. The molecule has 0 bridgehead atoms. The van der Waals surface area contributed by atoms with Crippen molar-refractivity contribution in [3.8, 4) is 0 Å². The number of rotatable bonds is 2. The Morgan fingerprint density at radius 3 is 2.60 bits per heavy atom. The zero-order valence-electron chi connectivity index (χ0n) is 7.88. The van der Waals surface area contributed by atoms with E-state index in [1.54, 1.807) is 0 Å². The highest BCUT2D eigenvalue weighted by molar-refractivity contribution is 5.28. The lowest BCUT2D eigenvalue weighted by Gasteiger charge is -2.14. The molecular formula is C10H10F3NO. The van der Waals surface area contributed by atoms with Crippen LogP contribution >= 0.6 is 0 Å². The number of pyridine rings is 1. The van der Waals surface area contributed by atoms with E-state index < -0.39 is 17.3 Å². The van der Waals surface area contributed by atoms with Crippen LogP contribution in [0.15, 0.2) is 18.5 Å². The van der Waals surface area contributed by atoms with Crippen molar-refractivity contribution in [2.45, 2.75) is 31.0 Å². The van der Waals surface area contributed by atoms with Crippen molar-refractivity contribution in [1.82, 2.24) is 4.98 Å². The molecule has 0 spiro atoms. The molecule has 0 unspecified atom stereocenters. The first-order chi connectivity index (χ1) is 6.91. The van der Waals surface area contributed by atoms with E-state index in [9.17, 15) is 18.3 Å². The minimum Gasteiger partial charge on any atom is -0.390 e. The number of aromatic nitrogens is 1. The molecule has 0 amide bonds. The van der Waals surface area contributed by atoms with Gasteiger partial charge in [0.05, 0.1) is 11.2 Å². The second-order valence-corrected chi connectivity index (χ2v) is 3.93. The minimum atomic E-state index is -4.37. The van der Waals surface area contributed by atoms with Gasteiger partial charge in [-0.15, -0.1) is 0 Å². The molecule has 2 rings (SSSR count). The molecule has 0 saturated heterocycles. The molecule has 0 radical (unpaired) electrons. The highest BCUT2D eigenvalue weighted by Crippen LogP contribution is 2.41. The predicted octanol–water partition coefficient (Wildman–Crippen LogP) is 2.17. The molecule has 0 aliphatic heterocycles. The Balaban J connectivity index is 2.30. The normalized spacial score (nSPS) is 18.9. The van der Waals surface area contributed by atoms with E-state index in [0.717, 1.165) is 12.3 Å². The molecule has 1 saturated carbocycles. The number of aliphatic hydroxyl groups is 1. The average molecular weight is 217 g/mol. The fourth-order valence-corrected chi connectivity index (χ4v) is 1.52. The van der Waals surface area contributed by atoms with Gasteiger partial charge in [-0.25, -0.2) is 0 Å². The third-order valence-corrected chi connectivity index (χ3v) is 2.56. The molecule has 15 heavy (non-hydrogen) atoms. The van der Waals surface area contributed by atoms with Crippen LogP contribution in [0.5, 0.6) is 0 Å². The Labute approximate surface area is 84.8 Å². The summed E-state index contributed by atoms with van der Waals surface area (Å²) in [6, 6.07) is 0.946. The number of alkyl halides is 3. The van der Waals surface area contributed by atoms with E-state index in [1.807, 2.05) is 0 Å². The second kappa shape index (κ2) is 3.20. The molecule has 5 heteroatoms. The van der Waals surface area contributed by atoms with Gasteiger partial charge in [-0.05, 0) is 24.5 Å². The van der Waals surface area contributed by atoms with Crippen LogP contribution < -0.4 is 0 Å². The minimum absolute atomic E-state index is 0.0374. The van der Waals surface area contributed by atoms with E-state index in [2.05, 4.69) is 4.98 Å². The molecular weight excluding hydrogens is 207 g/mol. The topological polar surface area (TPSA) is 33.1 Å². The van der Waals surface area contributed by atoms with E-state index in [0.29, 0.717) is 12.8 Å². The largest absolute Gasteiger partial charge is 0.416 e. The first-order valence-electron chi connectivity index (χ1n) is 4.63. The van der Waals surface area contributed by atoms with E-state index >= 15 is 0 Å². The Hall–Kier alpha value is -1.10. The molecule has 1 aromatic heterocycles. The highest BCUT2D eigenvalue weighted by atomic mass is 19.4. The Kier molecular flexibility index (Phi) is 2.22. The van der Waals surface area contributed by atoms with Gasteiger partial charge in [-0.3, -0.25) is 4.98 Å². The van der Waals surface area contributed by atoms with Gasteiger partial charge < -0.3 is 5.11 Å². The molecule has 1 fully saturated rings. The molecule has 82 valence electrons. The van der Waals surface area contributed by atoms with E-state index in [1.165, 1.54) is 6.20 Å². The van der Waals surface area contributed by atoms with Crippen molar-refractivity contribution in [2.24, 2.45) is 0 Å². The summed E-state index contributed by atoms with van der Waals surface area (Å²) in [6.07, 6.45) is -0.903. The maximum atomic E-state index is 12.5. The molecule has 1 N–H and O–H groups in total. The number of hydrogen-bond acceptors (Lipinski definition) is 2. The maximum Gasteiger partial charge on any atom is 0.416 e. The smallest absolute Gasteiger partial charge is 0.390 e. The lowest BCUT2D eigenvalue weighted by atomic mass is 10.0. The first kappa shape index (κ1) is 10.4. The number of nitrogens with zero attached hydrogens (tertiary/aromatic N) is 1. The summed E-state index contributed by atoms with van der Waals surface area (Å²) in [5, 5.41) is 9.58. The molecule has 0 atom stereocenters. The van der Waals surface area contributed by atoms with Crippen LogP contribution in [0.4, 0.5) is 13.2 Å². The first-order valence-corrected chi connectivity index (χ1v) is 4.63. The molecule has 1 aromatic rings. The zero-order chi connectivity index (χ0) is 11.1. The van der Waals surface area contributed by atoms with Crippen LogP contribution in [0, 0.1) is 0 Å². The average Bonchev–Trinajstić information content (AvgIpc) is 2.82. The van der Waals surface area contributed by atoms with Gasteiger partial charge in [0, 0.05) is 18.8 Å². The van der Waals surface area contributed by atoms with Crippen molar-refractivity contribution < 1.29 is 18.3 Å². The predicted molar refractivity (Wildman–Crippen MR) is 47.1 cm³/mol. The van der Waals surface area contributed by atoms with Gasteiger partial charge in [0.1, 0.15) is 0 Å². The van der Waals surface area contributed by atoms with Crippen molar-refractivity contribution in [3.05, 3.63) is 29.6 Å². The van der Waals surface area contributed by atoms with Gasteiger partial charge in [0.2, 0.25) is 0 Å². The van der Waals surface area contributed by atoms with Gasteiger partial charge >= 0.3 is 6.18 Å². The van der Waals surface area contributed by atoms with Gasteiger partial charge in [-0.1, -0.05) is 0 Å². The quantitative estimate of drug-likeness (QED) is 0.823. The van der Waals surface area contributed by atoms with E-state index in [4.69, 9.17) is 0 Å². The van der Waals surface area contributed by atoms with Crippen LogP contribution in [0.2, 0.25) is 0 Å². The number of halogens is 3. The van der Waals surface area contributed by atoms with Crippen molar-refractivity contribution in [1.29, 1.82) is 0 Å². The van der Waals surface area contributed by atoms with Gasteiger partial charge in [0.15, 0.2) is 0 Å². The molecule has 0 aromatic carbocycles. The van der Waals surface area contributed by atoms with Crippen LogP contribution in [0.3, 0.4) is 0 Å². The zero-order valence-corrected chi connectivity index (χ0v) is 7.88. The molecule has 1 aliphatic rings. The Bertz CT molecular complexity index is 371. The summed E-state index contributed by atoms with van der Waals surface area (Å²) in [5.74, 6) is 0. The van der Waals surface area contributed by atoms with Crippen molar-refractivity contribution in [3.63, 3.8) is 0 Å². The standard InChI is InChI=1S/C10H10F3NO/c11-10(12,13)8-1-4-14-6-7(8)5-9(15)2-3-9/h1,4,6,15H,2-3,5H2. The summed E-state index contributed by atoms with van der Waals surface area (Å²) >= 11 is 0. The fourth-order valence-electron chi connectivity index (χ4n) is 1.52. The monoisotopic (exact) mass is 217 g/mol. The summed E-state index contributed by atoms with van der Waals surface area (Å²) in [4.78, 5) is 3.66. The van der Waals surface area contributed by atoms with Crippen molar-refractivity contribution >= 4 is 0 Å². The van der Waals surface area contributed by atoms with Gasteiger partial charge in [0.25, 0.3) is 0 Å². The SMILES string of the molecule is OC1(Cc2cnccc2C(F)(F)F)CC1. The summed E-state index contributed by atoms with van der Waals surface area (Å²) < 4.78 is 37.6. The Morgan fingerprint density at radius 2 is 2.07 bits per heavy atom.